The topological polar surface area (TPSA) is 101 Å². The number of nitrogens with two attached hydrogens (primary N) is 1. The fraction of sp³-hybridized carbons (Fsp3) is 0.538. The van der Waals surface area contributed by atoms with Crippen molar-refractivity contribution in [3.63, 3.8) is 0 Å². The van der Waals surface area contributed by atoms with Gasteiger partial charge in [0.2, 0.25) is 11.8 Å². The number of rotatable bonds is 7. The van der Waals surface area contributed by atoms with E-state index in [9.17, 15) is 9.59 Å². The van der Waals surface area contributed by atoms with Crippen LogP contribution in [0.4, 0.5) is 0 Å². The first-order valence-corrected chi connectivity index (χ1v) is 12.1. The molecule has 4 rings (SSSR count). The van der Waals surface area contributed by atoms with Gasteiger partial charge in [0.25, 0.3) is 0 Å². The third kappa shape index (κ3) is 4.64. The van der Waals surface area contributed by atoms with Gasteiger partial charge < -0.3 is 16.0 Å². The van der Waals surface area contributed by atoms with Gasteiger partial charge in [0, 0.05) is 24.5 Å². The number of aromatic nitrogens is 2. The molecule has 3 atom stereocenters. The first-order chi connectivity index (χ1) is 16.0. The minimum Gasteiger partial charge on any atom is -0.368 e. The molecule has 0 bridgehead atoms. The summed E-state index contributed by atoms with van der Waals surface area (Å²) in [5, 5.41) is 3.12. The number of likely N-dealkylation sites (N-methyl/N-ethyl adjacent to an activating group) is 1. The van der Waals surface area contributed by atoms with Gasteiger partial charge in [-0.2, -0.15) is 0 Å². The highest BCUT2D eigenvalue weighted by Gasteiger charge is 2.50. The zero-order valence-electron chi connectivity index (χ0n) is 19.7. The molecule has 1 aliphatic carbocycles. The van der Waals surface area contributed by atoms with Gasteiger partial charge in [0.1, 0.15) is 5.54 Å². The van der Waals surface area contributed by atoms with Crippen LogP contribution in [0.3, 0.4) is 0 Å². The van der Waals surface area contributed by atoms with E-state index in [1.165, 1.54) is 6.42 Å². The van der Waals surface area contributed by atoms with Gasteiger partial charge >= 0.3 is 0 Å². The summed E-state index contributed by atoms with van der Waals surface area (Å²) in [5.41, 5.74) is 7.46. The smallest absolute Gasteiger partial charge is 0.238 e. The number of hydrogen-bond donors (Lipinski definition) is 2. The Bertz CT molecular complexity index is 976. The van der Waals surface area contributed by atoms with Gasteiger partial charge in [-0.3, -0.25) is 19.6 Å². The van der Waals surface area contributed by atoms with Crippen molar-refractivity contribution < 1.29 is 9.59 Å². The molecule has 7 nitrogen and oxygen atoms in total. The van der Waals surface area contributed by atoms with Gasteiger partial charge in [-0.25, -0.2) is 0 Å². The number of nitrogens with zero attached hydrogens (tertiary/aromatic N) is 3. The van der Waals surface area contributed by atoms with Crippen LogP contribution >= 0.6 is 0 Å². The Morgan fingerprint density at radius 1 is 1.12 bits per heavy atom. The highest BCUT2D eigenvalue weighted by molar-refractivity contribution is 5.93. The molecule has 7 heteroatoms. The van der Waals surface area contributed by atoms with Crippen LogP contribution in [0, 0.1) is 11.8 Å². The number of nitrogens with one attached hydrogen (secondary N) is 1. The predicted octanol–water partition coefficient (Wildman–Crippen LogP) is 3.47. The lowest BCUT2D eigenvalue weighted by Gasteiger charge is -2.42. The lowest BCUT2D eigenvalue weighted by Crippen LogP contribution is -2.63. The standard InChI is InChI=1S/C26H35N5O2/c1-26(28-2,25(27)33)23(18-9-4-3-5-10-18)24(32)31-16-8-14-22(31)21-13-6-12-20(30-21)19-11-7-15-29-17-19/h6-7,11-13,15,17-18,22-23,28H,3-5,8-10,14,16H2,1-2H3,(H2,27,33)/t22-,23+,26?/m0/s1. The zero-order valence-corrected chi connectivity index (χ0v) is 19.7. The van der Waals surface area contributed by atoms with Crippen LogP contribution in [-0.2, 0) is 9.59 Å². The van der Waals surface area contributed by atoms with E-state index in [4.69, 9.17) is 10.7 Å². The Hall–Kier alpha value is -2.80. The molecule has 2 aromatic heterocycles. The lowest BCUT2D eigenvalue weighted by molar-refractivity contribution is -0.147. The van der Waals surface area contributed by atoms with E-state index < -0.39 is 17.4 Å². The van der Waals surface area contributed by atoms with E-state index in [-0.39, 0.29) is 17.9 Å². The van der Waals surface area contributed by atoms with Crippen LogP contribution < -0.4 is 11.1 Å². The molecule has 1 aliphatic heterocycles. The average Bonchev–Trinajstić information content (AvgIpc) is 3.35. The molecule has 2 aliphatic rings. The minimum atomic E-state index is -1.09. The second kappa shape index (κ2) is 10.00. The largest absolute Gasteiger partial charge is 0.368 e. The fourth-order valence-electron chi connectivity index (χ4n) is 5.65. The van der Waals surface area contributed by atoms with E-state index in [0.717, 1.165) is 55.5 Å². The maximum atomic E-state index is 14.1. The SMILES string of the molecule is CNC(C)(C(N)=O)[C@@H](C(=O)N1CCC[C@H]1c1cccc(-c2cccnc2)n1)C1CCCCC1. The number of carbonyl (C=O) groups is 2. The summed E-state index contributed by atoms with van der Waals surface area (Å²) in [7, 11) is 1.73. The molecule has 176 valence electrons. The van der Waals surface area contributed by atoms with E-state index >= 15 is 0 Å². The first-order valence-electron chi connectivity index (χ1n) is 12.1. The number of primary amides is 1. The maximum absolute atomic E-state index is 14.1. The summed E-state index contributed by atoms with van der Waals surface area (Å²) >= 11 is 0. The van der Waals surface area contributed by atoms with Gasteiger partial charge in [-0.1, -0.05) is 25.3 Å². The lowest BCUT2D eigenvalue weighted by atomic mass is 9.69. The van der Waals surface area contributed by atoms with Crippen molar-refractivity contribution in [2.75, 3.05) is 13.6 Å². The van der Waals surface area contributed by atoms with Gasteiger partial charge in [-0.05, 0) is 69.8 Å². The molecule has 1 unspecified atom stereocenters. The third-order valence-corrected chi connectivity index (χ3v) is 7.65. The second-order valence-electron chi connectivity index (χ2n) is 9.57. The predicted molar refractivity (Wildman–Crippen MR) is 128 cm³/mol. The molecule has 3 heterocycles. The van der Waals surface area contributed by atoms with Crippen molar-refractivity contribution >= 4 is 11.8 Å². The number of amides is 2. The number of likely N-dealkylation sites (tertiary alicyclic amines) is 1. The summed E-state index contributed by atoms with van der Waals surface area (Å²) in [6, 6.07) is 9.74. The summed E-state index contributed by atoms with van der Waals surface area (Å²) in [4.78, 5) is 37.8. The van der Waals surface area contributed by atoms with Crippen molar-refractivity contribution in [2.24, 2.45) is 17.6 Å². The van der Waals surface area contributed by atoms with Crippen LogP contribution in [0.25, 0.3) is 11.3 Å². The molecular weight excluding hydrogens is 414 g/mol. The van der Waals surface area contributed by atoms with Crippen molar-refractivity contribution in [3.8, 4) is 11.3 Å². The Morgan fingerprint density at radius 3 is 2.58 bits per heavy atom. The van der Waals surface area contributed by atoms with E-state index in [1.54, 1.807) is 26.4 Å². The summed E-state index contributed by atoms with van der Waals surface area (Å²) in [6.07, 6.45) is 10.6. The molecule has 0 aromatic carbocycles. The van der Waals surface area contributed by atoms with E-state index in [0.29, 0.717) is 6.54 Å². The third-order valence-electron chi connectivity index (χ3n) is 7.65. The van der Waals surface area contributed by atoms with Crippen LogP contribution in [0.15, 0.2) is 42.7 Å². The highest BCUT2D eigenvalue weighted by Crippen LogP contribution is 2.41. The number of pyridine rings is 2. The number of hydrogen-bond acceptors (Lipinski definition) is 5. The molecule has 2 fully saturated rings. The molecule has 0 spiro atoms. The van der Waals surface area contributed by atoms with Crippen molar-refractivity contribution in [1.82, 2.24) is 20.2 Å². The second-order valence-corrected chi connectivity index (χ2v) is 9.57. The quantitative estimate of drug-likeness (QED) is 0.674. The molecule has 0 radical (unpaired) electrons. The van der Waals surface area contributed by atoms with Crippen LogP contribution in [0.5, 0.6) is 0 Å². The molecule has 2 aromatic rings. The van der Waals surface area contributed by atoms with Crippen molar-refractivity contribution in [2.45, 2.75) is 63.5 Å². The Balaban J connectivity index is 1.66. The zero-order chi connectivity index (χ0) is 23.4. The summed E-state index contributed by atoms with van der Waals surface area (Å²) in [5.74, 6) is -0.787. The number of carbonyl (C=O) groups excluding carboxylic acids is 2. The van der Waals surface area contributed by atoms with Crippen LogP contribution in [0.2, 0.25) is 0 Å². The first kappa shape index (κ1) is 23.4. The summed E-state index contributed by atoms with van der Waals surface area (Å²) in [6.45, 7) is 2.46. The molecular formula is C26H35N5O2. The Morgan fingerprint density at radius 2 is 1.91 bits per heavy atom. The highest BCUT2D eigenvalue weighted by atomic mass is 16.2. The Kier molecular flexibility index (Phi) is 7.08. The van der Waals surface area contributed by atoms with Gasteiger partial charge in [-0.15, -0.1) is 0 Å². The molecule has 3 N–H and O–H groups in total. The van der Waals surface area contributed by atoms with Crippen molar-refractivity contribution in [1.29, 1.82) is 0 Å². The van der Waals surface area contributed by atoms with Crippen LogP contribution in [-0.4, -0.2) is 45.8 Å². The summed E-state index contributed by atoms with van der Waals surface area (Å²) < 4.78 is 0. The maximum Gasteiger partial charge on any atom is 0.238 e. The Labute approximate surface area is 196 Å². The molecule has 33 heavy (non-hydrogen) atoms. The van der Waals surface area contributed by atoms with Gasteiger partial charge in [0.05, 0.1) is 23.3 Å². The minimum absolute atomic E-state index is 0.0219. The van der Waals surface area contributed by atoms with Gasteiger partial charge in [0.15, 0.2) is 0 Å². The molecule has 2 amide bonds. The monoisotopic (exact) mass is 449 g/mol. The normalized spacial score (nSPS) is 22.0. The molecule has 1 saturated carbocycles. The van der Waals surface area contributed by atoms with E-state index in [1.807, 2.05) is 35.2 Å². The van der Waals surface area contributed by atoms with Crippen LogP contribution in [0.1, 0.15) is 63.6 Å². The van der Waals surface area contributed by atoms with E-state index in [2.05, 4.69) is 10.3 Å². The molecule has 1 saturated heterocycles. The van der Waals surface area contributed by atoms with Crippen molar-refractivity contribution in [3.05, 3.63) is 48.4 Å². The fourth-order valence-corrected chi connectivity index (χ4v) is 5.65. The average molecular weight is 450 g/mol.